The van der Waals surface area contributed by atoms with Crippen LogP contribution in [0.15, 0.2) is 29.8 Å². The molecule has 24 heavy (non-hydrogen) atoms. The van der Waals surface area contributed by atoms with Crippen LogP contribution in [0.3, 0.4) is 0 Å². The highest BCUT2D eigenvalue weighted by Gasteiger charge is 2.36. The summed E-state index contributed by atoms with van der Waals surface area (Å²) in [7, 11) is 1.70. The van der Waals surface area contributed by atoms with Gasteiger partial charge in [-0.2, -0.15) is 0 Å². The Balaban J connectivity index is 2.19. The summed E-state index contributed by atoms with van der Waals surface area (Å²) in [6.07, 6.45) is 5.60. The Kier molecular flexibility index (Phi) is 5.74. The fraction of sp³-hybridized carbons (Fsp3) is 0.571. The molecular weight excluding hydrogens is 300 g/mol. The lowest BCUT2D eigenvalue weighted by Gasteiger charge is -2.38. The predicted octanol–water partition coefficient (Wildman–Crippen LogP) is 5.20. The Morgan fingerprint density at radius 2 is 2.08 bits per heavy atom. The molecule has 132 valence electrons. The van der Waals surface area contributed by atoms with E-state index >= 15 is 0 Å². The minimum Gasteiger partial charge on any atom is -0.496 e. The summed E-state index contributed by atoms with van der Waals surface area (Å²) in [5, 5.41) is 9.54. The van der Waals surface area contributed by atoms with Gasteiger partial charge in [-0.1, -0.05) is 45.9 Å². The molecular formula is C21H30O3. The van der Waals surface area contributed by atoms with Gasteiger partial charge in [0.05, 0.1) is 7.11 Å². The minimum absolute atomic E-state index is 0.0375. The van der Waals surface area contributed by atoms with Gasteiger partial charge >= 0.3 is 5.97 Å². The van der Waals surface area contributed by atoms with Crippen LogP contribution in [0.5, 0.6) is 5.75 Å². The molecule has 1 aromatic carbocycles. The van der Waals surface area contributed by atoms with Crippen LogP contribution >= 0.6 is 0 Å². The lowest BCUT2D eigenvalue weighted by molar-refractivity contribution is -0.134. The zero-order chi connectivity index (χ0) is 17.9. The van der Waals surface area contributed by atoms with Crippen molar-refractivity contribution in [1.82, 2.24) is 0 Å². The van der Waals surface area contributed by atoms with E-state index in [0.29, 0.717) is 11.5 Å². The average Bonchev–Trinajstić information content (AvgIpc) is 2.52. The molecule has 0 bridgehead atoms. The van der Waals surface area contributed by atoms with E-state index in [4.69, 9.17) is 4.74 Å². The molecule has 3 nitrogen and oxygen atoms in total. The lowest BCUT2D eigenvalue weighted by atomic mass is 9.66. The fourth-order valence-corrected chi connectivity index (χ4v) is 3.82. The maximum Gasteiger partial charge on any atom is 0.331 e. The van der Waals surface area contributed by atoms with Gasteiger partial charge in [-0.25, -0.2) is 4.79 Å². The quantitative estimate of drug-likeness (QED) is 0.780. The summed E-state index contributed by atoms with van der Waals surface area (Å²) in [4.78, 5) is 11.6. The number of ether oxygens (including phenoxy) is 1. The normalized spacial score (nSPS) is 19.9. The van der Waals surface area contributed by atoms with E-state index in [0.717, 1.165) is 31.4 Å². The van der Waals surface area contributed by atoms with Gasteiger partial charge in [0.1, 0.15) is 5.75 Å². The third-order valence-corrected chi connectivity index (χ3v) is 5.36. The van der Waals surface area contributed by atoms with E-state index in [2.05, 4.69) is 39.8 Å². The lowest BCUT2D eigenvalue weighted by Crippen LogP contribution is -2.32. The highest BCUT2D eigenvalue weighted by Crippen LogP contribution is 2.43. The number of rotatable bonds is 6. The van der Waals surface area contributed by atoms with Gasteiger partial charge in [-0.15, -0.1) is 0 Å². The van der Waals surface area contributed by atoms with Crippen molar-refractivity contribution < 1.29 is 14.6 Å². The van der Waals surface area contributed by atoms with Crippen LogP contribution in [0.4, 0.5) is 0 Å². The van der Waals surface area contributed by atoms with Crippen LogP contribution in [0.25, 0.3) is 0 Å². The summed E-state index contributed by atoms with van der Waals surface area (Å²) in [6, 6.07) is 6.35. The largest absolute Gasteiger partial charge is 0.496 e. The molecule has 1 aliphatic carbocycles. The first kappa shape index (κ1) is 18.6. The van der Waals surface area contributed by atoms with Crippen molar-refractivity contribution in [3.8, 4) is 5.75 Å². The van der Waals surface area contributed by atoms with Crippen molar-refractivity contribution in [1.29, 1.82) is 0 Å². The summed E-state index contributed by atoms with van der Waals surface area (Å²) >= 11 is 0. The van der Waals surface area contributed by atoms with Crippen molar-refractivity contribution >= 4 is 5.97 Å². The zero-order valence-corrected chi connectivity index (χ0v) is 15.6. The number of aliphatic carboxylic acids is 1. The van der Waals surface area contributed by atoms with Gasteiger partial charge in [-0.05, 0) is 60.1 Å². The fourth-order valence-electron chi connectivity index (χ4n) is 3.82. The van der Waals surface area contributed by atoms with E-state index < -0.39 is 5.97 Å². The summed E-state index contributed by atoms with van der Waals surface area (Å²) in [5.41, 5.74) is 3.11. The first-order valence-corrected chi connectivity index (χ1v) is 8.86. The van der Waals surface area contributed by atoms with Crippen molar-refractivity contribution in [2.24, 2.45) is 11.3 Å². The molecule has 0 saturated carbocycles. The van der Waals surface area contributed by atoms with Gasteiger partial charge in [0.15, 0.2) is 0 Å². The molecule has 0 saturated heterocycles. The van der Waals surface area contributed by atoms with Crippen LogP contribution < -0.4 is 4.74 Å². The molecule has 1 N–H and O–H groups in total. The number of methoxy groups -OCH3 is 1. The second-order valence-electron chi connectivity index (χ2n) is 7.81. The first-order valence-electron chi connectivity index (χ1n) is 8.86. The third kappa shape index (κ3) is 4.00. The molecule has 1 aromatic rings. The summed E-state index contributed by atoms with van der Waals surface area (Å²) < 4.78 is 5.45. The smallest absolute Gasteiger partial charge is 0.331 e. The van der Waals surface area contributed by atoms with Gasteiger partial charge in [0.25, 0.3) is 0 Å². The molecule has 2 rings (SSSR count). The van der Waals surface area contributed by atoms with Crippen molar-refractivity contribution in [2.45, 2.75) is 59.3 Å². The van der Waals surface area contributed by atoms with E-state index in [1.807, 2.05) is 12.1 Å². The Hall–Kier alpha value is -1.77. The topological polar surface area (TPSA) is 46.5 Å². The van der Waals surface area contributed by atoms with Crippen molar-refractivity contribution in [2.75, 3.05) is 7.11 Å². The third-order valence-electron chi connectivity index (χ3n) is 5.36. The van der Waals surface area contributed by atoms with Gasteiger partial charge in [-0.3, -0.25) is 0 Å². The summed E-state index contributed by atoms with van der Waals surface area (Å²) in [5.74, 6) is 0.678. The standard InChI is InChI=1S/C21H30O3/c1-14(2)17-13-15(9-11-19(17)24-5)8-10-18-16(20(22)23)7-6-12-21(18,3)4/h7,9,11,13-14,18H,6,8,10,12H2,1-5H3,(H,22,23)/t18-/m1/s1. The van der Waals surface area contributed by atoms with Crippen molar-refractivity contribution in [3.63, 3.8) is 0 Å². The van der Waals surface area contributed by atoms with Gasteiger partial charge in [0, 0.05) is 5.57 Å². The number of allylic oxidation sites excluding steroid dienone is 1. The number of aryl methyl sites for hydroxylation is 1. The maximum atomic E-state index is 11.6. The maximum absolute atomic E-state index is 11.6. The molecule has 0 aliphatic heterocycles. The van der Waals surface area contributed by atoms with Crippen LogP contribution in [0.2, 0.25) is 0 Å². The van der Waals surface area contributed by atoms with Crippen molar-refractivity contribution in [3.05, 3.63) is 41.0 Å². The molecule has 1 aliphatic rings. The number of carboxylic acids is 1. The second-order valence-corrected chi connectivity index (χ2v) is 7.81. The molecule has 0 aromatic heterocycles. The highest BCUT2D eigenvalue weighted by atomic mass is 16.5. The molecule has 1 atom stereocenters. The molecule has 0 heterocycles. The van der Waals surface area contributed by atoms with Gasteiger partial charge < -0.3 is 9.84 Å². The van der Waals surface area contributed by atoms with Crippen LogP contribution in [0.1, 0.15) is 64.0 Å². The van der Waals surface area contributed by atoms with Crippen LogP contribution in [-0.4, -0.2) is 18.2 Å². The van der Waals surface area contributed by atoms with E-state index in [9.17, 15) is 9.90 Å². The Morgan fingerprint density at radius 1 is 1.38 bits per heavy atom. The van der Waals surface area contributed by atoms with Crippen LogP contribution in [0, 0.1) is 11.3 Å². The molecule has 0 radical (unpaired) electrons. The minimum atomic E-state index is -0.759. The zero-order valence-electron chi connectivity index (χ0n) is 15.6. The predicted molar refractivity (Wildman–Crippen MR) is 97.6 cm³/mol. The summed E-state index contributed by atoms with van der Waals surface area (Å²) in [6.45, 7) is 8.72. The highest BCUT2D eigenvalue weighted by molar-refractivity contribution is 5.87. The Labute approximate surface area is 145 Å². The van der Waals surface area contributed by atoms with Gasteiger partial charge in [0.2, 0.25) is 0 Å². The number of hydrogen-bond donors (Lipinski definition) is 1. The molecule has 3 heteroatoms. The van der Waals surface area contributed by atoms with Crippen LogP contribution in [-0.2, 0) is 11.2 Å². The van der Waals surface area contributed by atoms with E-state index in [1.165, 1.54) is 11.1 Å². The first-order chi connectivity index (χ1) is 11.3. The number of carbonyl (C=O) groups is 1. The average molecular weight is 330 g/mol. The monoisotopic (exact) mass is 330 g/mol. The second kappa shape index (κ2) is 7.42. The number of carboxylic acid groups (broad SMARTS) is 1. The number of hydrogen-bond acceptors (Lipinski definition) is 2. The Morgan fingerprint density at radius 3 is 2.67 bits per heavy atom. The van der Waals surface area contributed by atoms with E-state index in [-0.39, 0.29) is 11.3 Å². The molecule has 0 spiro atoms. The molecule has 0 unspecified atom stereocenters. The number of benzene rings is 1. The molecule has 0 amide bonds. The van der Waals surface area contributed by atoms with E-state index in [1.54, 1.807) is 7.11 Å². The molecule has 0 fully saturated rings. The SMILES string of the molecule is COc1ccc(CC[C@@H]2C(C(=O)O)=CCCC2(C)C)cc1C(C)C. The Bertz CT molecular complexity index is 626.